The molecule has 0 radical (unpaired) electrons. The molecule has 4 rings (SSSR count). The quantitative estimate of drug-likeness (QED) is 0.814. The molecule has 3 unspecified atom stereocenters. The van der Waals surface area contributed by atoms with Crippen molar-refractivity contribution in [2.75, 3.05) is 50.8 Å². The zero-order valence-electron chi connectivity index (χ0n) is 14.4. The number of aromatic nitrogens is 1. The highest BCUT2D eigenvalue weighted by Gasteiger charge is 2.36. The Kier molecular flexibility index (Phi) is 4.12. The molecule has 5 heteroatoms. The summed E-state index contributed by atoms with van der Waals surface area (Å²) < 4.78 is 13.2. The van der Waals surface area contributed by atoms with Crippen molar-refractivity contribution < 1.29 is 6.11 Å². The molecule has 23 heavy (non-hydrogen) atoms. The first-order chi connectivity index (χ1) is 11.8. The normalized spacial score (nSPS) is 31.4. The molecule has 0 aliphatic carbocycles. The summed E-state index contributed by atoms with van der Waals surface area (Å²) in [6.45, 7) is 4.38. The summed E-state index contributed by atoms with van der Waals surface area (Å²) in [5.74, 6) is 6.35. The van der Waals surface area contributed by atoms with Crippen LogP contribution in [0, 0.1) is 11.8 Å². The maximum absolute atomic E-state index is 7.94. The minimum Gasteiger partial charge on any atom is -0.379 e. The number of ether oxygens (including phenoxy) is 1. The van der Waals surface area contributed by atoms with Crippen molar-refractivity contribution in [1.29, 1.82) is 0 Å². The third-order valence-electron chi connectivity index (χ3n) is 4.89. The van der Waals surface area contributed by atoms with E-state index in [1.807, 2.05) is 11.1 Å². The van der Waals surface area contributed by atoms with E-state index in [0.29, 0.717) is 31.8 Å². The van der Waals surface area contributed by atoms with Crippen molar-refractivity contribution in [1.82, 2.24) is 15.2 Å². The standard InChI is InChI=1S/C18H24N4O/c1(7-21-8-10-23-11-9-21)2-15-12-16(5-6-20-15)22-17-3-4-18(22)14-19-13-17/h5-6,12,17-19H,3-4,7-11,13-14H2/i8D. The van der Waals surface area contributed by atoms with E-state index in [9.17, 15) is 0 Å². The Hall–Kier alpha value is -1.61. The van der Waals surface area contributed by atoms with Gasteiger partial charge in [0.05, 0.1) is 19.8 Å². The molecule has 1 aromatic rings. The van der Waals surface area contributed by atoms with Crippen LogP contribution in [0.4, 0.5) is 5.69 Å². The van der Waals surface area contributed by atoms with Crippen LogP contribution in [0.3, 0.4) is 0 Å². The van der Waals surface area contributed by atoms with Gasteiger partial charge in [-0.3, -0.25) is 4.90 Å². The second kappa shape index (κ2) is 6.88. The number of piperazine rings is 1. The van der Waals surface area contributed by atoms with Crippen molar-refractivity contribution in [3.05, 3.63) is 24.0 Å². The number of pyridine rings is 1. The zero-order chi connectivity index (χ0) is 16.4. The third-order valence-corrected chi connectivity index (χ3v) is 4.89. The van der Waals surface area contributed by atoms with Crippen LogP contribution in [0.15, 0.2) is 18.3 Å². The summed E-state index contributed by atoms with van der Waals surface area (Å²) in [7, 11) is 0. The molecule has 0 saturated carbocycles. The van der Waals surface area contributed by atoms with Gasteiger partial charge in [-0.2, -0.15) is 0 Å². The Morgan fingerprint density at radius 1 is 1.35 bits per heavy atom. The monoisotopic (exact) mass is 313 g/mol. The summed E-state index contributed by atoms with van der Waals surface area (Å²) in [4.78, 5) is 8.99. The SMILES string of the molecule is [2H]C1COCCN1CC#Cc1cc(N2C3CCC2CNC3)ccn1. The average Bonchev–Trinajstić information content (AvgIpc) is 2.86. The number of rotatable bonds is 2. The summed E-state index contributed by atoms with van der Waals surface area (Å²) in [5, 5.41) is 3.52. The summed E-state index contributed by atoms with van der Waals surface area (Å²) in [6, 6.07) is 5.42. The topological polar surface area (TPSA) is 40.6 Å². The number of nitrogens with zero attached hydrogens (tertiary/aromatic N) is 3. The van der Waals surface area contributed by atoms with Crippen LogP contribution in [0.2, 0.25) is 0 Å². The summed E-state index contributed by atoms with van der Waals surface area (Å²) in [5.41, 5.74) is 2.06. The Balaban J connectivity index is 1.45. The third kappa shape index (κ3) is 3.35. The molecule has 3 saturated heterocycles. The number of fused-ring (bicyclic) bond motifs is 2. The van der Waals surface area contributed by atoms with Gasteiger partial charge in [0.2, 0.25) is 0 Å². The number of nitrogens with one attached hydrogen (secondary N) is 1. The van der Waals surface area contributed by atoms with Crippen molar-refractivity contribution in [2.45, 2.75) is 24.9 Å². The number of morpholine rings is 1. The highest BCUT2D eigenvalue weighted by molar-refractivity contribution is 5.53. The minimum atomic E-state index is -0.302. The molecule has 4 heterocycles. The van der Waals surface area contributed by atoms with Gasteiger partial charge in [-0.1, -0.05) is 5.92 Å². The fourth-order valence-electron chi connectivity index (χ4n) is 3.74. The van der Waals surface area contributed by atoms with E-state index in [1.165, 1.54) is 18.5 Å². The lowest BCUT2D eigenvalue weighted by atomic mass is 10.2. The second-order valence-corrected chi connectivity index (χ2v) is 6.38. The lowest BCUT2D eigenvalue weighted by Crippen LogP contribution is -2.52. The summed E-state index contributed by atoms with van der Waals surface area (Å²) in [6.07, 6.45) is 4.40. The molecule has 3 atom stereocenters. The van der Waals surface area contributed by atoms with Gasteiger partial charge in [0, 0.05) is 51.5 Å². The fraction of sp³-hybridized carbons (Fsp3) is 0.611. The average molecular weight is 313 g/mol. The fourth-order valence-corrected chi connectivity index (χ4v) is 3.74. The molecule has 5 nitrogen and oxygen atoms in total. The predicted molar refractivity (Wildman–Crippen MR) is 90.5 cm³/mol. The number of anilines is 1. The van der Waals surface area contributed by atoms with E-state index < -0.39 is 0 Å². The molecule has 0 spiro atoms. The van der Waals surface area contributed by atoms with Crippen molar-refractivity contribution >= 4 is 5.69 Å². The zero-order valence-corrected chi connectivity index (χ0v) is 13.4. The van der Waals surface area contributed by atoms with Gasteiger partial charge in [0.15, 0.2) is 0 Å². The Bertz CT molecular complexity index is 627. The van der Waals surface area contributed by atoms with Gasteiger partial charge < -0.3 is 15.0 Å². The summed E-state index contributed by atoms with van der Waals surface area (Å²) >= 11 is 0. The van der Waals surface area contributed by atoms with E-state index in [2.05, 4.69) is 39.2 Å². The van der Waals surface area contributed by atoms with Gasteiger partial charge in [0.1, 0.15) is 5.69 Å². The first-order valence-electron chi connectivity index (χ1n) is 9.07. The van der Waals surface area contributed by atoms with Crippen LogP contribution in [-0.2, 0) is 4.74 Å². The Labute approximate surface area is 139 Å². The Morgan fingerprint density at radius 3 is 3.04 bits per heavy atom. The van der Waals surface area contributed by atoms with E-state index >= 15 is 0 Å². The van der Waals surface area contributed by atoms with Crippen LogP contribution < -0.4 is 10.2 Å². The maximum Gasteiger partial charge on any atom is 0.115 e. The largest absolute Gasteiger partial charge is 0.379 e. The van der Waals surface area contributed by atoms with E-state index in [-0.39, 0.29) is 6.52 Å². The molecule has 3 aliphatic rings. The van der Waals surface area contributed by atoms with Gasteiger partial charge in [-0.05, 0) is 30.9 Å². The molecule has 0 amide bonds. The minimum absolute atomic E-state index is 0.302. The lowest BCUT2D eigenvalue weighted by Gasteiger charge is -2.37. The van der Waals surface area contributed by atoms with Gasteiger partial charge in [-0.15, -0.1) is 0 Å². The van der Waals surface area contributed by atoms with Crippen LogP contribution in [0.25, 0.3) is 0 Å². The maximum atomic E-state index is 7.94. The highest BCUT2D eigenvalue weighted by atomic mass is 16.5. The Morgan fingerprint density at radius 2 is 2.22 bits per heavy atom. The molecule has 3 fully saturated rings. The van der Waals surface area contributed by atoms with Gasteiger partial charge in [0.25, 0.3) is 0 Å². The molecule has 1 aromatic heterocycles. The van der Waals surface area contributed by atoms with Crippen LogP contribution in [0.1, 0.15) is 19.9 Å². The predicted octanol–water partition coefficient (Wildman–Crippen LogP) is 0.706. The van der Waals surface area contributed by atoms with Gasteiger partial charge >= 0.3 is 0 Å². The molecule has 2 bridgehead atoms. The van der Waals surface area contributed by atoms with Crippen LogP contribution in [0.5, 0.6) is 0 Å². The van der Waals surface area contributed by atoms with Crippen molar-refractivity contribution in [2.24, 2.45) is 0 Å². The van der Waals surface area contributed by atoms with E-state index in [4.69, 9.17) is 6.11 Å². The molecule has 1 N–H and O–H groups in total. The second-order valence-electron chi connectivity index (χ2n) is 6.38. The molecule has 3 aliphatic heterocycles. The van der Waals surface area contributed by atoms with Crippen LogP contribution in [-0.4, -0.2) is 67.9 Å². The van der Waals surface area contributed by atoms with E-state index in [1.54, 1.807) is 0 Å². The molecular formula is C18H24N4O. The van der Waals surface area contributed by atoms with Crippen molar-refractivity contribution in [3.63, 3.8) is 0 Å². The van der Waals surface area contributed by atoms with E-state index in [0.717, 1.165) is 25.3 Å². The van der Waals surface area contributed by atoms with Crippen LogP contribution >= 0.6 is 0 Å². The number of hydrogen-bond acceptors (Lipinski definition) is 5. The first kappa shape index (κ1) is 13.8. The highest BCUT2D eigenvalue weighted by Crippen LogP contribution is 2.32. The van der Waals surface area contributed by atoms with Gasteiger partial charge in [-0.25, -0.2) is 4.98 Å². The van der Waals surface area contributed by atoms with Crippen molar-refractivity contribution in [3.8, 4) is 11.8 Å². The molecular weight excluding hydrogens is 288 g/mol. The smallest absolute Gasteiger partial charge is 0.115 e. The first-order valence-corrected chi connectivity index (χ1v) is 8.49. The number of hydrogen-bond donors (Lipinski definition) is 1. The molecule has 0 aromatic carbocycles. The molecule has 122 valence electrons. The lowest BCUT2D eigenvalue weighted by molar-refractivity contribution is 0.0443.